The molecule has 5 rings (SSSR count). The van der Waals surface area contributed by atoms with Crippen LogP contribution in [-0.4, -0.2) is 29.5 Å². The summed E-state index contributed by atoms with van der Waals surface area (Å²) in [5.74, 6) is -0.803. The molecule has 0 aliphatic heterocycles. The predicted molar refractivity (Wildman–Crippen MR) is 156 cm³/mol. The third-order valence-corrected chi connectivity index (χ3v) is 6.95. The van der Waals surface area contributed by atoms with Crippen LogP contribution < -0.4 is 9.47 Å². The van der Waals surface area contributed by atoms with Crippen molar-refractivity contribution >= 4 is 40.3 Å². The van der Waals surface area contributed by atoms with E-state index in [2.05, 4.69) is 0 Å². The van der Waals surface area contributed by atoms with Crippen molar-refractivity contribution in [1.29, 1.82) is 0 Å². The quantitative estimate of drug-likeness (QED) is 0.151. The highest BCUT2D eigenvalue weighted by molar-refractivity contribution is 6.30. The van der Waals surface area contributed by atoms with Crippen molar-refractivity contribution in [2.24, 2.45) is 0 Å². The standard InChI is InChI=1S/C33H26ClNO6/c1-21-27(28-18-25(39-2)16-17-29(28)35(21)32(37)23-12-14-24(34)15-13-23)19-31(36)41-30-11-7-6-10-26(30)33(38)40-20-22-8-4-3-5-9-22/h3-18H,19-20H2,1-2H3. The topological polar surface area (TPSA) is 83.8 Å². The van der Waals surface area contributed by atoms with Crippen LogP contribution in [0.2, 0.25) is 5.02 Å². The summed E-state index contributed by atoms with van der Waals surface area (Å²) in [4.78, 5) is 39.6. The van der Waals surface area contributed by atoms with E-state index in [1.807, 2.05) is 30.3 Å². The fraction of sp³-hybridized carbons (Fsp3) is 0.121. The van der Waals surface area contributed by atoms with Gasteiger partial charge in [0.25, 0.3) is 5.91 Å². The van der Waals surface area contributed by atoms with Gasteiger partial charge in [-0.15, -0.1) is 0 Å². The number of methoxy groups -OCH3 is 1. The molecule has 1 heterocycles. The van der Waals surface area contributed by atoms with Crippen LogP contribution in [0, 0.1) is 6.92 Å². The van der Waals surface area contributed by atoms with E-state index in [1.54, 1.807) is 85.3 Å². The fourth-order valence-corrected chi connectivity index (χ4v) is 4.75. The molecule has 0 saturated heterocycles. The second-order valence-electron chi connectivity index (χ2n) is 9.30. The van der Waals surface area contributed by atoms with Gasteiger partial charge in [0, 0.05) is 21.7 Å². The van der Waals surface area contributed by atoms with E-state index in [0.717, 1.165) is 5.56 Å². The molecule has 5 aromatic rings. The minimum atomic E-state index is -0.608. The number of aromatic nitrogens is 1. The summed E-state index contributed by atoms with van der Waals surface area (Å²) < 4.78 is 18.1. The first kappa shape index (κ1) is 27.7. The van der Waals surface area contributed by atoms with Crippen molar-refractivity contribution in [2.75, 3.05) is 7.11 Å². The number of carbonyl (C=O) groups is 3. The Kier molecular flexibility index (Phi) is 8.17. The minimum absolute atomic E-state index is 0.0874. The number of halogens is 1. The Morgan fingerprint density at radius 1 is 0.854 bits per heavy atom. The Morgan fingerprint density at radius 2 is 1.56 bits per heavy atom. The molecule has 0 fully saturated rings. The lowest BCUT2D eigenvalue weighted by Gasteiger charge is -2.11. The molecule has 0 aliphatic rings. The molecule has 206 valence electrons. The third kappa shape index (κ3) is 6.00. The SMILES string of the molecule is COc1ccc2c(c1)c(CC(=O)Oc1ccccc1C(=O)OCc1ccccc1)c(C)n2C(=O)c1ccc(Cl)cc1. The molecule has 1 aromatic heterocycles. The van der Waals surface area contributed by atoms with Gasteiger partial charge in [-0.05, 0) is 72.6 Å². The van der Waals surface area contributed by atoms with Crippen LogP contribution in [-0.2, 0) is 22.6 Å². The zero-order chi connectivity index (χ0) is 28.9. The van der Waals surface area contributed by atoms with Crippen LogP contribution in [0.4, 0.5) is 0 Å². The van der Waals surface area contributed by atoms with E-state index in [9.17, 15) is 14.4 Å². The molecule has 0 bridgehead atoms. The zero-order valence-electron chi connectivity index (χ0n) is 22.4. The minimum Gasteiger partial charge on any atom is -0.497 e. The Balaban J connectivity index is 1.42. The first-order chi connectivity index (χ1) is 19.9. The second-order valence-corrected chi connectivity index (χ2v) is 9.74. The molecule has 0 N–H and O–H groups in total. The molecule has 0 unspecified atom stereocenters. The molecule has 0 amide bonds. The van der Waals surface area contributed by atoms with Crippen molar-refractivity contribution in [2.45, 2.75) is 20.0 Å². The summed E-state index contributed by atoms with van der Waals surface area (Å²) in [7, 11) is 1.55. The first-order valence-corrected chi connectivity index (χ1v) is 13.2. The average Bonchev–Trinajstić information content (AvgIpc) is 3.26. The van der Waals surface area contributed by atoms with Gasteiger partial charge in [0.15, 0.2) is 0 Å². The predicted octanol–water partition coefficient (Wildman–Crippen LogP) is 6.81. The van der Waals surface area contributed by atoms with Crippen molar-refractivity contribution < 1.29 is 28.6 Å². The number of hydrogen-bond donors (Lipinski definition) is 0. The Hall–Kier alpha value is -4.88. The maximum atomic E-state index is 13.5. The number of ether oxygens (including phenoxy) is 3. The van der Waals surface area contributed by atoms with Crippen LogP contribution in [0.3, 0.4) is 0 Å². The zero-order valence-corrected chi connectivity index (χ0v) is 23.2. The summed E-state index contributed by atoms with van der Waals surface area (Å²) in [6.07, 6.45) is -0.149. The van der Waals surface area contributed by atoms with Gasteiger partial charge >= 0.3 is 11.9 Å². The number of nitrogens with zero attached hydrogens (tertiary/aromatic N) is 1. The molecule has 0 aliphatic carbocycles. The monoisotopic (exact) mass is 567 g/mol. The Bertz CT molecular complexity index is 1740. The Labute approximate surface area is 241 Å². The Morgan fingerprint density at radius 3 is 2.29 bits per heavy atom. The number of para-hydroxylation sites is 1. The molecule has 0 spiro atoms. The smallest absolute Gasteiger partial charge is 0.342 e. The van der Waals surface area contributed by atoms with Gasteiger partial charge in [0.05, 0.1) is 19.0 Å². The molecular formula is C33H26ClNO6. The van der Waals surface area contributed by atoms with Crippen molar-refractivity contribution in [3.63, 3.8) is 0 Å². The highest BCUT2D eigenvalue weighted by Gasteiger charge is 2.24. The number of fused-ring (bicyclic) bond motifs is 1. The number of rotatable bonds is 8. The van der Waals surface area contributed by atoms with Crippen LogP contribution in [0.25, 0.3) is 10.9 Å². The van der Waals surface area contributed by atoms with Crippen LogP contribution in [0.15, 0.2) is 97.1 Å². The highest BCUT2D eigenvalue weighted by Crippen LogP contribution is 2.31. The third-order valence-electron chi connectivity index (χ3n) is 6.70. The number of hydrogen-bond acceptors (Lipinski definition) is 6. The molecule has 0 radical (unpaired) electrons. The molecule has 0 atom stereocenters. The van der Waals surface area contributed by atoms with Gasteiger partial charge in [-0.25, -0.2) is 4.79 Å². The van der Waals surface area contributed by atoms with Gasteiger partial charge in [-0.2, -0.15) is 0 Å². The summed E-state index contributed by atoms with van der Waals surface area (Å²) >= 11 is 6.01. The van der Waals surface area contributed by atoms with E-state index in [0.29, 0.717) is 38.5 Å². The van der Waals surface area contributed by atoms with Crippen molar-refractivity contribution in [1.82, 2.24) is 4.57 Å². The number of esters is 2. The van der Waals surface area contributed by atoms with Crippen molar-refractivity contribution in [3.05, 3.63) is 130 Å². The lowest BCUT2D eigenvalue weighted by atomic mass is 10.1. The largest absolute Gasteiger partial charge is 0.497 e. The number of benzene rings is 4. The maximum Gasteiger partial charge on any atom is 0.342 e. The van der Waals surface area contributed by atoms with Crippen LogP contribution in [0.1, 0.15) is 37.5 Å². The fourth-order valence-electron chi connectivity index (χ4n) is 4.62. The van der Waals surface area contributed by atoms with Gasteiger partial charge < -0.3 is 14.2 Å². The summed E-state index contributed by atoms with van der Waals surface area (Å²) in [6.45, 7) is 1.86. The van der Waals surface area contributed by atoms with Gasteiger partial charge in [0.2, 0.25) is 0 Å². The van der Waals surface area contributed by atoms with E-state index < -0.39 is 11.9 Å². The van der Waals surface area contributed by atoms with Crippen molar-refractivity contribution in [3.8, 4) is 11.5 Å². The number of carbonyl (C=O) groups excluding carboxylic acids is 3. The molecule has 7 nitrogen and oxygen atoms in total. The first-order valence-electron chi connectivity index (χ1n) is 12.8. The summed E-state index contributed by atoms with van der Waals surface area (Å²) in [5.41, 5.74) is 3.23. The van der Waals surface area contributed by atoms with E-state index >= 15 is 0 Å². The van der Waals surface area contributed by atoms with E-state index in [4.69, 9.17) is 25.8 Å². The maximum absolute atomic E-state index is 13.5. The molecular weight excluding hydrogens is 542 g/mol. The van der Waals surface area contributed by atoms with E-state index in [1.165, 1.54) is 0 Å². The molecule has 8 heteroatoms. The highest BCUT2D eigenvalue weighted by atomic mass is 35.5. The molecule has 41 heavy (non-hydrogen) atoms. The van der Waals surface area contributed by atoms with Gasteiger partial charge in [-0.1, -0.05) is 54.1 Å². The summed E-state index contributed by atoms with van der Waals surface area (Å²) in [5, 5.41) is 1.20. The molecule has 4 aromatic carbocycles. The van der Waals surface area contributed by atoms with Gasteiger partial charge in [0.1, 0.15) is 23.7 Å². The normalized spacial score (nSPS) is 10.8. The summed E-state index contributed by atoms with van der Waals surface area (Å²) in [6, 6.07) is 27.7. The second kappa shape index (κ2) is 12.1. The lowest BCUT2D eigenvalue weighted by Crippen LogP contribution is -2.16. The molecule has 0 saturated carbocycles. The van der Waals surface area contributed by atoms with Crippen LogP contribution >= 0.6 is 11.6 Å². The van der Waals surface area contributed by atoms with E-state index in [-0.39, 0.29) is 30.2 Å². The van der Waals surface area contributed by atoms with Crippen LogP contribution in [0.5, 0.6) is 11.5 Å². The average molecular weight is 568 g/mol. The van der Waals surface area contributed by atoms with Gasteiger partial charge in [-0.3, -0.25) is 14.2 Å². The lowest BCUT2D eigenvalue weighted by molar-refractivity contribution is -0.133.